The van der Waals surface area contributed by atoms with E-state index in [1.54, 1.807) is 29.2 Å². The van der Waals surface area contributed by atoms with Gasteiger partial charge in [0.2, 0.25) is 21.8 Å². The van der Waals surface area contributed by atoms with Crippen molar-refractivity contribution in [3.05, 3.63) is 29.8 Å². The molecule has 1 saturated heterocycles. The summed E-state index contributed by atoms with van der Waals surface area (Å²) >= 11 is 0. The van der Waals surface area contributed by atoms with Crippen LogP contribution in [0.2, 0.25) is 0 Å². The largest absolute Gasteiger partial charge is 0.340 e. The maximum absolute atomic E-state index is 12.4. The van der Waals surface area contributed by atoms with Gasteiger partial charge in [0.1, 0.15) is 6.04 Å². The molecule has 0 aromatic heterocycles. The van der Waals surface area contributed by atoms with Crippen molar-refractivity contribution in [1.82, 2.24) is 14.5 Å². The van der Waals surface area contributed by atoms with Crippen molar-refractivity contribution in [1.29, 1.82) is 0 Å². The van der Waals surface area contributed by atoms with E-state index >= 15 is 0 Å². The monoisotopic (exact) mass is 394 g/mol. The fraction of sp³-hybridized carbons (Fsp3) is 0.471. The van der Waals surface area contributed by atoms with Gasteiger partial charge in [0.05, 0.1) is 17.5 Å². The molecule has 2 aliphatic heterocycles. The molecule has 3 rings (SSSR count). The minimum Gasteiger partial charge on any atom is -0.340 e. The number of anilines is 1. The van der Waals surface area contributed by atoms with Crippen LogP contribution in [0.4, 0.5) is 5.69 Å². The average molecular weight is 394 g/mol. The van der Waals surface area contributed by atoms with Gasteiger partial charge in [0.25, 0.3) is 5.91 Å². The number of hydrogen-bond donors (Lipinski definition) is 2. The van der Waals surface area contributed by atoms with Crippen LogP contribution in [0.5, 0.6) is 0 Å². The Bertz CT molecular complexity index is 862. The molecule has 1 atom stereocenters. The summed E-state index contributed by atoms with van der Waals surface area (Å²) < 4.78 is 24.4. The number of nitrogens with zero attached hydrogens (tertiary/aromatic N) is 2. The third-order valence-corrected chi connectivity index (χ3v) is 6.06. The molecule has 9 nitrogen and oxygen atoms in total. The first-order valence-electron chi connectivity index (χ1n) is 8.69. The van der Waals surface area contributed by atoms with E-state index in [9.17, 15) is 22.8 Å². The topological polar surface area (TPSA) is 116 Å². The van der Waals surface area contributed by atoms with Crippen molar-refractivity contribution in [2.24, 2.45) is 0 Å². The highest BCUT2D eigenvalue weighted by Gasteiger charge is 2.30. The SMILES string of the molecule is CS(=O)(=O)N1CCN(C(=O)CCC2NC(=O)c3ccccc3NC2=O)CC1. The molecule has 2 heterocycles. The van der Waals surface area contributed by atoms with Gasteiger partial charge in [-0.3, -0.25) is 14.4 Å². The molecule has 2 aliphatic rings. The Hall–Kier alpha value is -2.46. The number of amides is 3. The molecular weight excluding hydrogens is 372 g/mol. The van der Waals surface area contributed by atoms with Crippen molar-refractivity contribution < 1.29 is 22.8 Å². The fourth-order valence-electron chi connectivity index (χ4n) is 3.21. The first-order valence-corrected chi connectivity index (χ1v) is 10.5. The number of benzene rings is 1. The van der Waals surface area contributed by atoms with Crippen LogP contribution in [0.3, 0.4) is 0 Å². The number of fused-ring (bicyclic) bond motifs is 1. The van der Waals surface area contributed by atoms with Crippen LogP contribution in [0.25, 0.3) is 0 Å². The Morgan fingerprint density at radius 2 is 1.81 bits per heavy atom. The van der Waals surface area contributed by atoms with Gasteiger partial charge in [0, 0.05) is 32.6 Å². The van der Waals surface area contributed by atoms with Crippen LogP contribution in [-0.2, 0) is 19.6 Å². The van der Waals surface area contributed by atoms with Gasteiger partial charge < -0.3 is 15.5 Å². The third kappa shape index (κ3) is 4.45. The normalized spacial score (nSPS) is 21.1. The van der Waals surface area contributed by atoms with Gasteiger partial charge in [-0.2, -0.15) is 4.31 Å². The summed E-state index contributed by atoms with van der Waals surface area (Å²) in [6, 6.07) is 5.92. The summed E-state index contributed by atoms with van der Waals surface area (Å²) in [6.07, 6.45) is 1.42. The van der Waals surface area contributed by atoms with Crippen LogP contribution >= 0.6 is 0 Å². The van der Waals surface area contributed by atoms with Gasteiger partial charge >= 0.3 is 0 Å². The molecule has 0 bridgehead atoms. The molecule has 1 unspecified atom stereocenters. The lowest BCUT2D eigenvalue weighted by atomic mass is 10.1. The van der Waals surface area contributed by atoms with Crippen LogP contribution in [0.1, 0.15) is 23.2 Å². The molecule has 146 valence electrons. The first-order chi connectivity index (χ1) is 12.8. The summed E-state index contributed by atoms with van der Waals surface area (Å²) in [4.78, 5) is 38.6. The molecule has 10 heteroatoms. The van der Waals surface area contributed by atoms with E-state index in [-0.39, 0.29) is 43.7 Å². The lowest BCUT2D eigenvalue weighted by Crippen LogP contribution is -2.50. The summed E-state index contributed by atoms with van der Waals surface area (Å²) in [5.74, 6) is -0.877. The number of para-hydroxylation sites is 1. The molecule has 0 radical (unpaired) electrons. The maximum Gasteiger partial charge on any atom is 0.254 e. The second-order valence-electron chi connectivity index (χ2n) is 6.64. The number of rotatable bonds is 4. The number of hydrogen-bond acceptors (Lipinski definition) is 5. The Morgan fingerprint density at radius 1 is 1.15 bits per heavy atom. The lowest BCUT2D eigenvalue weighted by molar-refractivity contribution is -0.132. The summed E-state index contributed by atoms with van der Waals surface area (Å²) in [5.41, 5.74) is 0.835. The second kappa shape index (κ2) is 7.65. The van der Waals surface area contributed by atoms with Crippen LogP contribution in [-0.4, -0.2) is 73.8 Å². The van der Waals surface area contributed by atoms with Crippen molar-refractivity contribution >= 4 is 33.4 Å². The van der Waals surface area contributed by atoms with Gasteiger partial charge in [-0.1, -0.05) is 12.1 Å². The molecule has 1 aromatic rings. The molecular formula is C17H22N4O5S. The van der Waals surface area contributed by atoms with Crippen molar-refractivity contribution in [3.8, 4) is 0 Å². The Kier molecular flexibility index (Phi) is 5.47. The summed E-state index contributed by atoms with van der Waals surface area (Å²) in [5, 5.41) is 5.37. The minimum absolute atomic E-state index is 0.0909. The average Bonchev–Trinajstić information content (AvgIpc) is 2.75. The standard InChI is InChI=1S/C17H22N4O5S/c1-27(25,26)21-10-8-20(9-11-21)15(22)7-6-14-17(24)18-13-5-3-2-4-12(13)16(23)19-14/h2-5,14H,6-11H2,1H3,(H,18,24)(H,19,23). The zero-order valence-corrected chi connectivity index (χ0v) is 15.8. The highest BCUT2D eigenvalue weighted by atomic mass is 32.2. The lowest BCUT2D eigenvalue weighted by Gasteiger charge is -2.33. The molecule has 0 spiro atoms. The predicted octanol–water partition coefficient (Wildman–Crippen LogP) is -0.379. The third-order valence-electron chi connectivity index (χ3n) is 4.76. The van der Waals surface area contributed by atoms with E-state index in [0.29, 0.717) is 24.3 Å². The highest BCUT2D eigenvalue weighted by molar-refractivity contribution is 7.88. The Balaban J connectivity index is 1.55. The van der Waals surface area contributed by atoms with E-state index in [1.165, 1.54) is 4.31 Å². The summed E-state index contributed by atoms with van der Waals surface area (Å²) in [7, 11) is -3.25. The molecule has 0 saturated carbocycles. The molecule has 27 heavy (non-hydrogen) atoms. The van der Waals surface area contributed by atoms with E-state index in [2.05, 4.69) is 10.6 Å². The van der Waals surface area contributed by atoms with E-state index in [0.717, 1.165) is 6.26 Å². The quantitative estimate of drug-likeness (QED) is 0.722. The number of sulfonamides is 1. The zero-order chi connectivity index (χ0) is 19.6. The smallest absolute Gasteiger partial charge is 0.254 e. The Labute approximate surface area is 157 Å². The van der Waals surface area contributed by atoms with Gasteiger partial charge in [-0.05, 0) is 18.6 Å². The number of carbonyl (C=O) groups excluding carboxylic acids is 3. The van der Waals surface area contributed by atoms with Crippen LogP contribution in [0.15, 0.2) is 24.3 Å². The summed E-state index contributed by atoms with van der Waals surface area (Å²) in [6.45, 7) is 1.17. The number of piperazine rings is 1. The fourth-order valence-corrected chi connectivity index (χ4v) is 4.04. The van der Waals surface area contributed by atoms with Crippen LogP contribution < -0.4 is 10.6 Å². The van der Waals surface area contributed by atoms with Crippen molar-refractivity contribution in [3.63, 3.8) is 0 Å². The molecule has 1 fully saturated rings. The van der Waals surface area contributed by atoms with Gasteiger partial charge in [-0.15, -0.1) is 0 Å². The van der Waals surface area contributed by atoms with E-state index in [1.807, 2.05) is 0 Å². The first kappa shape index (κ1) is 19.3. The van der Waals surface area contributed by atoms with Gasteiger partial charge in [0.15, 0.2) is 0 Å². The van der Waals surface area contributed by atoms with Crippen LogP contribution in [0, 0.1) is 0 Å². The van der Waals surface area contributed by atoms with E-state index < -0.39 is 16.1 Å². The number of nitrogens with one attached hydrogen (secondary N) is 2. The van der Waals surface area contributed by atoms with E-state index in [4.69, 9.17) is 0 Å². The Morgan fingerprint density at radius 3 is 2.48 bits per heavy atom. The molecule has 2 N–H and O–H groups in total. The maximum atomic E-state index is 12.4. The molecule has 3 amide bonds. The molecule has 1 aromatic carbocycles. The predicted molar refractivity (Wildman–Crippen MR) is 98.6 cm³/mol. The van der Waals surface area contributed by atoms with Gasteiger partial charge in [-0.25, -0.2) is 8.42 Å². The highest BCUT2D eigenvalue weighted by Crippen LogP contribution is 2.19. The zero-order valence-electron chi connectivity index (χ0n) is 15.0. The molecule has 0 aliphatic carbocycles. The second-order valence-corrected chi connectivity index (χ2v) is 8.62. The van der Waals surface area contributed by atoms with Crippen molar-refractivity contribution in [2.45, 2.75) is 18.9 Å². The van der Waals surface area contributed by atoms with Crippen molar-refractivity contribution in [2.75, 3.05) is 37.8 Å². The number of carbonyl (C=O) groups is 3. The minimum atomic E-state index is -3.25.